The monoisotopic (exact) mass is 317 g/mol. The lowest BCUT2D eigenvalue weighted by Gasteiger charge is -2.19. The minimum atomic E-state index is -0.639. The smallest absolute Gasteiger partial charge is 0.229 e. The molecule has 0 saturated heterocycles. The summed E-state index contributed by atoms with van der Waals surface area (Å²) in [7, 11) is 1.57. The Hall–Kier alpha value is -2.56. The van der Waals surface area contributed by atoms with Crippen LogP contribution in [0.5, 0.6) is 17.2 Å². The number of hydrogen-bond acceptors (Lipinski definition) is 3. The zero-order valence-corrected chi connectivity index (χ0v) is 13.6. The van der Waals surface area contributed by atoms with Crippen molar-refractivity contribution in [1.29, 1.82) is 0 Å². The Labute approximate surface area is 135 Å². The van der Waals surface area contributed by atoms with Crippen molar-refractivity contribution in [3.63, 3.8) is 0 Å². The molecule has 2 rings (SSSR count). The van der Waals surface area contributed by atoms with Crippen LogP contribution in [-0.2, 0) is 4.79 Å². The maximum Gasteiger partial charge on any atom is 0.229 e. The number of carbonyl (C=O) groups excluding carboxylic acids is 1. The summed E-state index contributed by atoms with van der Waals surface area (Å²) in [6.45, 7) is 5.27. The molecule has 1 N–H and O–H groups in total. The van der Waals surface area contributed by atoms with Crippen molar-refractivity contribution in [3.05, 3.63) is 48.3 Å². The normalized spacial score (nSPS) is 11.0. The summed E-state index contributed by atoms with van der Waals surface area (Å²) < 4.78 is 24.9. The van der Waals surface area contributed by atoms with Crippen molar-refractivity contribution in [2.24, 2.45) is 5.41 Å². The quantitative estimate of drug-likeness (QED) is 0.895. The van der Waals surface area contributed by atoms with Gasteiger partial charge >= 0.3 is 0 Å². The number of ether oxygens (including phenoxy) is 2. The van der Waals surface area contributed by atoms with Gasteiger partial charge in [-0.2, -0.15) is 0 Å². The first-order valence-electron chi connectivity index (χ1n) is 7.23. The second-order valence-electron chi connectivity index (χ2n) is 6.09. The molecule has 0 aromatic heterocycles. The van der Waals surface area contributed by atoms with Gasteiger partial charge in [-0.05, 0) is 36.4 Å². The van der Waals surface area contributed by atoms with Crippen LogP contribution in [0.1, 0.15) is 20.8 Å². The Morgan fingerprint density at radius 1 is 1.04 bits per heavy atom. The molecule has 0 unspecified atom stereocenters. The molecule has 4 nitrogen and oxygen atoms in total. The Bertz CT molecular complexity index is 690. The molecule has 2 aromatic rings. The second kappa shape index (κ2) is 6.69. The van der Waals surface area contributed by atoms with Crippen LogP contribution >= 0.6 is 0 Å². The predicted octanol–water partition coefficient (Wildman–Crippen LogP) is 4.61. The zero-order valence-electron chi connectivity index (χ0n) is 13.6. The third-order valence-corrected chi connectivity index (χ3v) is 3.18. The molecule has 0 aliphatic heterocycles. The maximum absolute atomic E-state index is 14.1. The molecule has 5 heteroatoms. The third-order valence-electron chi connectivity index (χ3n) is 3.18. The molecular formula is C18H20FNO3. The largest absolute Gasteiger partial charge is 0.497 e. The highest BCUT2D eigenvalue weighted by Crippen LogP contribution is 2.33. The van der Waals surface area contributed by atoms with E-state index in [1.807, 2.05) is 0 Å². The number of methoxy groups -OCH3 is 1. The fraction of sp³-hybridized carbons (Fsp3) is 0.278. The average molecular weight is 317 g/mol. The Morgan fingerprint density at radius 3 is 2.22 bits per heavy atom. The van der Waals surface area contributed by atoms with Crippen LogP contribution in [0, 0.1) is 11.2 Å². The van der Waals surface area contributed by atoms with Crippen LogP contribution in [0.3, 0.4) is 0 Å². The van der Waals surface area contributed by atoms with Crippen molar-refractivity contribution in [2.45, 2.75) is 20.8 Å². The molecule has 2 aromatic carbocycles. The SMILES string of the molecule is COc1ccc(Oc2cccc(F)c2NC(=O)C(C)(C)C)cc1. The van der Waals surface area contributed by atoms with E-state index < -0.39 is 11.2 Å². The first kappa shape index (κ1) is 16.8. The van der Waals surface area contributed by atoms with Crippen molar-refractivity contribution in [1.82, 2.24) is 0 Å². The van der Waals surface area contributed by atoms with E-state index in [0.29, 0.717) is 11.5 Å². The number of para-hydroxylation sites is 1. The van der Waals surface area contributed by atoms with E-state index >= 15 is 0 Å². The molecule has 0 spiro atoms. The van der Waals surface area contributed by atoms with Gasteiger partial charge in [0.1, 0.15) is 17.2 Å². The summed E-state index contributed by atoms with van der Waals surface area (Å²) in [5.74, 6) is 0.615. The average Bonchev–Trinajstić information content (AvgIpc) is 2.50. The first-order chi connectivity index (χ1) is 10.8. The third kappa shape index (κ3) is 4.22. The molecule has 0 bridgehead atoms. The highest BCUT2D eigenvalue weighted by molar-refractivity contribution is 5.96. The number of nitrogens with one attached hydrogen (secondary N) is 1. The van der Waals surface area contributed by atoms with E-state index in [0.717, 1.165) is 0 Å². The van der Waals surface area contributed by atoms with E-state index in [2.05, 4.69) is 5.32 Å². The van der Waals surface area contributed by atoms with Crippen LogP contribution in [0.15, 0.2) is 42.5 Å². The summed E-state index contributed by atoms with van der Waals surface area (Å²) in [6.07, 6.45) is 0. The van der Waals surface area contributed by atoms with Crippen LogP contribution in [0.4, 0.5) is 10.1 Å². The minimum Gasteiger partial charge on any atom is -0.497 e. The van der Waals surface area contributed by atoms with Gasteiger partial charge in [0.25, 0.3) is 0 Å². The maximum atomic E-state index is 14.1. The number of rotatable bonds is 4. The van der Waals surface area contributed by atoms with Gasteiger partial charge < -0.3 is 14.8 Å². The zero-order chi connectivity index (χ0) is 17.0. The van der Waals surface area contributed by atoms with E-state index in [1.165, 1.54) is 12.1 Å². The second-order valence-corrected chi connectivity index (χ2v) is 6.09. The van der Waals surface area contributed by atoms with Gasteiger partial charge in [0.2, 0.25) is 5.91 Å². The highest BCUT2D eigenvalue weighted by atomic mass is 19.1. The van der Waals surface area contributed by atoms with Gasteiger partial charge in [0.15, 0.2) is 11.6 Å². The fourth-order valence-electron chi connectivity index (χ4n) is 1.78. The predicted molar refractivity (Wildman–Crippen MR) is 87.6 cm³/mol. The van der Waals surface area contributed by atoms with Gasteiger partial charge in [-0.1, -0.05) is 26.8 Å². The molecule has 0 heterocycles. The topological polar surface area (TPSA) is 47.6 Å². The number of hydrogen-bond donors (Lipinski definition) is 1. The van der Waals surface area contributed by atoms with Gasteiger partial charge in [-0.3, -0.25) is 4.79 Å². The van der Waals surface area contributed by atoms with Crippen LogP contribution in [-0.4, -0.2) is 13.0 Å². The van der Waals surface area contributed by atoms with E-state index in [-0.39, 0.29) is 17.3 Å². The summed E-state index contributed by atoms with van der Waals surface area (Å²) in [5, 5.41) is 2.60. The molecule has 0 radical (unpaired) electrons. The summed E-state index contributed by atoms with van der Waals surface area (Å²) in [4.78, 5) is 12.1. The van der Waals surface area contributed by atoms with Crippen molar-refractivity contribution in [3.8, 4) is 17.2 Å². The van der Waals surface area contributed by atoms with Crippen LogP contribution < -0.4 is 14.8 Å². The summed E-state index contributed by atoms with van der Waals surface area (Å²) in [6, 6.07) is 11.3. The lowest BCUT2D eigenvalue weighted by molar-refractivity contribution is -0.123. The molecule has 1 amide bonds. The summed E-state index contributed by atoms with van der Waals surface area (Å²) >= 11 is 0. The van der Waals surface area contributed by atoms with E-state index in [9.17, 15) is 9.18 Å². The van der Waals surface area contributed by atoms with Crippen molar-refractivity contribution >= 4 is 11.6 Å². The standard InChI is InChI=1S/C18H20FNO3/c1-18(2,3)17(21)20-16-14(19)6-5-7-15(16)23-13-10-8-12(22-4)9-11-13/h5-11H,1-4H3,(H,20,21). The summed E-state index contributed by atoms with van der Waals surface area (Å²) in [5.41, 5.74) is -0.608. The molecular weight excluding hydrogens is 297 g/mol. The van der Waals surface area contributed by atoms with Gasteiger partial charge in [-0.15, -0.1) is 0 Å². The van der Waals surface area contributed by atoms with Crippen LogP contribution in [0.2, 0.25) is 0 Å². The fourth-order valence-corrected chi connectivity index (χ4v) is 1.78. The lowest BCUT2D eigenvalue weighted by Crippen LogP contribution is -2.28. The number of benzene rings is 2. The van der Waals surface area contributed by atoms with Gasteiger partial charge in [0.05, 0.1) is 7.11 Å². The molecule has 122 valence electrons. The van der Waals surface area contributed by atoms with Gasteiger partial charge in [-0.25, -0.2) is 4.39 Å². The number of carbonyl (C=O) groups is 1. The number of anilines is 1. The molecule has 23 heavy (non-hydrogen) atoms. The van der Waals surface area contributed by atoms with E-state index in [4.69, 9.17) is 9.47 Å². The highest BCUT2D eigenvalue weighted by Gasteiger charge is 2.24. The minimum absolute atomic E-state index is 0.0308. The molecule has 0 aliphatic rings. The Kier molecular flexibility index (Phi) is 4.89. The first-order valence-corrected chi connectivity index (χ1v) is 7.23. The number of halogens is 1. The molecule has 0 aliphatic carbocycles. The molecule has 0 saturated carbocycles. The number of amides is 1. The van der Waals surface area contributed by atoms with Crippen molar-refractivity contribution < 1.29 is 18.7 Å². The Morgan fingerprint density at radius 2 is 1.65 bits per heavy atom. The van der Waals surface area contributed by atoms with E-state index in [1.54, 1.807) is 58.2 Å². The lowest BCUT2D eigenvalue weighted by atomic mass is 9.95. The molecule has 0 atom stereocenters. The van der Waals surface area contributed by atoms with Gasteiger partial charge in [0, 0.05) is 5.41 Å². The molecule has 0 fully saturated rings. The van der Waals surface area contributed by atoms with Crippen LogP contribution in [0.25, 0.3) is 0 Å². The van der Waals surface area contributed by atoms with Crippen molar-refractivity contribution in [2.75, 3.05) is 12.4 Å². The Balaban J connectivity index is 2.28.